The van der Waals surface area contributed by atoms with Crippen molar-refractivity contribution in [3.63, 3.8) is 0 Å². The molecule has 2 aromatic rings. The van der Waals surface area contributed by atoms with Crippen molar-refractivity contribution in [1.29, 1.82) is 0 Å². The SMILES string of the molecule is Cc1cc(F)ccc1C(=O)NCc1nnc(C2CC2)n1C1CC1. The fourth-order valence-corrected chi connectivity index (χ4v) is 2.94. The molecule has 0 unspecified atom stereocenters. The second-order valence-corrected chi connectivity index (χ2v) is 6.49. The molecular weight excluding hydrogens is 295 g/mol. The van der Waals surface area contributed by atoms with E-state index in [9.17, 15) is 9.18 Å². The highest BCUT2D eigenvalue weighted by atomic mass is 19.1. The molecule has 1 aromatic carbocycles. The first kappa shape index (κ1) is 14.4. The number of nitrogens with one attached hydrogen (secondary N) is 1. The average molecular weight is 314 g/mol. The van der Waals surface area contributed by atoms with E-state index in [0.717, 1.165) is 24.5 Å². The molecule has 0 saturated heterocycles. The molecule has 2 fully saturated rings. The molecule has 0 atom stereocenters. The third-order valence-electron chi connectivity index (χ3n) is 4.49. The number of rotatable bonds is 5. The summed E-state index contributed by atoms with van der Waals surface area (Å²) in [4.78, 5) is 12.3. The summed E-state index contributed by atoms with van der Waals surface area (Å²) in [5.41, 5.74) is 1.12. The van der Waals surface area contributed by atoms with Crippen molar-refractivity contribution in [2.45, 2.75) is 51.1 Å². The number of aryl methyl sites for hydroxylation is 1. The van der Waals surface area contributed by atoms with Crippen LogP contribution in [0.3, 0.4) is 0 Å². The Hall–Kier alpha value is -2.24. The van der Waals surface area contributed by atoms with Gasteiger partial charge in [-0.25, -0.2) is 4.39 Å². The summed E-state index contributed by atoms with van der Waals surface area (Å²) in [7, 11) is 0. The summed E-state index contributed by atoms with van der Waals surface area (Å²) in [5.74, 6) is 1.91. The van der Waals surface area contributed by atoms with Crippen LogP contribution in [0.5, 0.6) is 0 Å². The number of halogens is 1. The number of hydrogen-bond acceptors (Lipinski definition) is 3. The van der Waals surface area contributed by atoms with Gasteiger partial charge in [-0.3, -0.25) is 4.79 Å². The van der Waals surface area contributed by atoms with Crippen LogP contribution in [0.4, 0.5) is 4.39 Å². The zero-order valence-electron chi connectivity index (χ0n) is 13.1. The first-order valence-electron chi connectivity index (χ1n) is 8.11. The Morgan fingerprint density at radius 3 is 2.74 bits per heavy atom. The van der Waals surface area contributed by atoms with Gasteiger partial charge < -0.3 is 9.88 Å². The Morgan fingerprint density at radius 2 is 2.09 bits per heavy atom. The number of amides is 1. The summed E-state index contributed by atoms with van der Waals surface area (Å²) in [6, 6.07) is 4.69. The van der Waals surface area contributed by atoms with E-state index in [1.165, 1.54) is 31.0 Å². The summed E-state index contributed by atoms with van der Waals surface area (Å²) in [6.07, 6.45) is 4.70. The molecule has 2 aliphatic rings. The zero-order chi connectivity index (χ0) is 16.0. The molecular formula is C17H19FN4O. The highest BCUT2D eigenvalue weighted by Gasteiger charge is 2.36. The van der Waals surface area contributed by atoms with Gasteiger partial charge in [-0.2, -0.15) is 0 Å². The minimum atomic E-state index is -0.332. The molecule has 2 aliphatic carbocycles. The normalized spacial score (nSPS) is 17.3. The predicted octanol–water partition coefficient (Wildman–Crippen LogP) is 2.87. The molecule has 0 radical (unpaired) electrons. The first-order valence-corrected chi connectivity index (χ1v) is 8.11. The van der Waals surface area contributed by atoms with Crippen LogP contribution in [0.15, 0.2) is 18.2 Å². The van der Waals surface area contributed by atoms with Gasteiger partial charge in [0.15, 0.2) is 5.82 Å². The summed E-state index contributed by atoms with van der Waals surface area (Å²) >= 11 is 0. The van der Waals surface area contributed by atoms with E-state index < -0.39 is 0 Å². The van der Waals surface area contributed by atoms with E-state index >= 15 is 0 Å². The Bertz CT molecular complexity index is 762. The number of nitrogens with zero attached hydrogens (tertiary/aromatic N) is 3. The lowest BCUT2D eigenvalue weighted by molar-refractivity contribution is 0.0948. The molecule has 120 valence electrons. The Balaban J connectivity index is 1.49. The number of benzene rings is 1. The van der Waals surface area contributed by atoms with Gasteiger partial charge in [-0.15, -0.1) is 10.2 Å². The van der Waals surface area contributed by atoms with Crippen LogP contribution in [0.1, 0.15) is 65.2 Å². The highest BCUT2D eigenvalue weighted by molar-refractivity contribution is 5.95. The van der Waals surface area contributed by atoms with Crippen molar-refractivity contribution >= 4 is 5.91 Å². The quantitative estimate of drug-likeness (QED) is 0.923. The molecule has 23 heavy (non-hydrogen) atoms. The fraction of sp³-hybridized carbons (Fsp3) is 0.471. The number of hydrogen-bond donors (Lipinski definition) is 1. The van der Waals surface area contributed by atoms with Gasteiger partial charge in [0.1, 0.15) is 11.6 Å². The summed E-state index contributed by atoms with van der Waals surface area (Å²) < 4.78 is 15.4. The molecule has 0 aliphatic heterocycles. The predicted molar refractivity (Wildman–Crippen MR) is 82.6 cm³/mol. The van der Waals surface area contributed by atoms with Crippen LogP contribution in [-0.4, -0.2) is 20.7 Å². The van der Waals surface area contributed by atoms with Crippen molar-refractivity contribution in [3.8, 4) is 0 Å². The molecule has 0 spiro atoms. The third-order valence-corrected chi connectivity index (χ3v) is 4.49. The Morgan fingerprint density at radius 1 is 1.30 bits per heavy atom. The molecule has 0 bridgehead atoms. The summed E-state index contributed by atoms with van der Waals surface area (Å²) in [5, 5.41) is 11.5. The van der Waals surface area contributed by atoms with Crippen molar-refractivity contribution < 1.29 is 9.18 Å². The number of carbonyl (C=O) groups is 1. The average Bonchev–Trinajstić information content (AvgIpc) is 3.43. The van der Waals surface area contributed by atoms with Crippen LogP contribution in [-0.2, 0) is 6.54 Å². The summed E-state index contributed by atoms with van der Waals surface area (Å²) in [6.45, 7) is 2.09. The second kappa shape index (κ2) is 5.44. The van der Waals surface area contributed by atoms with E-state index in [1.807, 2.05) is 0 Å². The lowest BCUT2D eigenvalue weighted by Crippen LogP contribution is -2.25. The largest absolute Gasteiger partial charge is 0.345 e. The lowest BCUT2D eigenvalue weighted by atomic mass is 10.1. The van der Waals surface area contributed by atoms with Crippen molar-refractivity contribution in [2.75, 3.05) is 0 Å². The Labute approximate surface area is 133 Å². The van der Waals surface area contributed by atoms with Crippen LogP contribution in [0.2, 0.25) is 0 Å². The molecule has 1 amide bonds. The maximum absolute atomic E-state index is 13.1. The maximum Gasteiger partial charge on any atom is 0.251 e. The number of carbonyl (C=O) groups excluding carboxylic acids is 1. The van der Waals surface area contributed by atoms with Gasteiger partial charge in [0.25, 0.3) is 5.91 Å². The van der Waals surface area contributed by atoms with E-state index in [1.54, 1.807) is 6.92 Å². The van der Waals surface area contributed by atoms with Crippen molar-refractivity contribution in [3.05, 3.63) is 46.8 Å². The van der Waals surface area contributed by atoms with Gasteiger partial charge in [0.05, 0.1) is 6.54 Å². The molecule has 1 N–H and O–H groups in total. The standard InChI is InChI=1S/C17H19FN4O/c1-10-8-12(18)4-7-14(10)17(23)19-9-15-20-21-16(11-2-3-11)22(15)13-5-6-13/h4,7-8,11,13H,2-3,5-6,9H2,1H3,(H,19,23). The maximum atomic E-state index is 13.1. The Kier molecular flexibility index (Phi) is 3.39. The molecule has 5 nitrogen and oxygen atoms in total. The molecule has 4 rings (SSSR count). The second-order valence-electron chi connectivity index (χ2n) is 6.49. The number of aromatic nitrogens is 3. The van der Waals surface area contributed by atoms with Crippen LogP contribution in [0, 0.1) is 12.7 Å². The third kappa shape index (κ3) is 2.85. The van der Waals surface area contributed by atoms with Gasteiger partial charge >= 0.3 is 0 Å². The molecule has 1 aromatic heterocycles. The fourth-order valence-electron chi connectivity index (χ4n) is 2.94. The van der Waals surface area contributed by atoms with E-state index in [4.69, 9.17) is 0 Å². The minimum Gasteiger partial charge on any atom is -0.345 e. The smallest absolute Gasteiger partial charge is 0.251 e. The van der Waals surface area contributed by atoms with Gasteiger partial charge in [0, 0.05) is 17.5 Å². The molecule has 2 saturated carbocycles. The zero-order valence-corrected chi connectivity index (χ0v) is 13.1. The highest BCUT2D eigenvalue weighted by Crippen LogP contribution is 2.44. The van der Waals surface area contributed by atoms with E-state index in [-0.39, 0.29) is 11.7 Å². The minimum absolute atomic E-state index is 0.208. The van der Waals surface area contributed by atoms with Gasteiger partial charge in [0.2, 0.25) is 0 Å². The molecule has 6 heteroatoms. The monoisotopic (exact) mass is 314 g/mol. The topological polar surface area (TPSA) is 59.8 Å². The van der Waals surface area contributed by atoms with E-state index in [2.05, 4.69) is 20.1 Å². The van der Waals surface area contributed by atoms with Crippen LogP contribution < -0.4 is 5.32 Å². The van der Waals surface area contributed by atoms with Crippen LogP contribution in [0.25, 0.3) is 0 Å². The van der Waals surface area contributed by atoms with Gasteiger partial charge in [-0.05, 0) is 56.4 Å². The van der Waals surface area contributed by atoms with Crippen molar-refractivity contribution in [2.24, 2.45) is 0 Å². The van der Waals surface area contributed by atoms with E-state index in [0.29, 0.717) is 29.6 Å². The van der Waals surface area contributed by atoms with Crippen LogP contribution >= 0.6 is 0 Å². The molecule has 1 heterocycles. The van der Waals surface area contributed by atoms with Gasteiger partial charge in [-0.1, -0.05) is 0 Å². The first-order chi connectivity index (χ1) is 11.1. The van der Waals surface area contributed by atoms with Crippen molar-refractivity contribution in [1.82, 2.24) is 20.1 Å². The lowest BCUT2D eigenvalue weighted by Gasteiger charge is -2.10.